The molecule has 25 heavy (non-hydrogen) atoms. The van der Waals surface area contributed by atoms with E-state index in [1.807, 2.05) is 26.0 Å². The van der Waals surface area contributed by atoms with Crippen molar-refractivity contribution in [3.8, 4) is 5.69 Å². The number of nitrogens with zero attached hydrogens (tertiary/aromatic N) is 2. The van der Waals surface area contributed by atoms with Gasteiger partial charge < -0.3 is 10.4 Å². The zero-order valence-corrected chi connectivity index (χ0v) is 15.5. The number of halogens is 1. The van der Waals surface area contributed by atoms with Crippen LogP contribution in [-0.2, 0) is 4.79 Å². The summed E-state index contributed by atoms with van der Waals surface area (Å²) in [4.78, 5) is 23.8. The van der Waals surface area contributed by atoms with Crippen LogP contribution in [0.5, 0.6) is 0 Å². The lowest BCUT2D eigenvalue weighted by atomic mass is 9.93. The summed E-state index contributed by atoms with van der Waals surface area (Å²) in [6, 6.07) is 7.22. The molecule has 0 saturated carbocycles. The number of carbonyl (C=O) groups is 2. The molecule has 0 aliphatic heterocycles. The lowest BCUT2D eigenvalue weighted by Gasteiger charge is -2.20. The Kier molecular flexibility index (Phi) is 5.52. The Morgan fingerprint density at radius 3 is 2.60 bits per heavy atom. The summed E-state index contributed by atoms with van der Waals surface area (Å²) >= 11 is 6.05. The molecule has 0 saturated heterocycles. The number of carboxylic acids is 1. The minimum absolute atomic E-state index is 0.0288. The van der Waals surface area contributed by atoms with Crippen LogP contribution in [-0.4, -0.2) is 33.3 Å². The molecular formula is C18H22ClN3O3. The molecule has 0 aliphatic carbocycles. The SMILES string of the molecule is CC(C)c1c(C(=O)NCC(C)(C)C(=O)O)cnn1-c1cccc(Cl)c1. The Morgan fingerprint density at radius 1 is 1.36 bits per heavy atom. The van der Waals surface area contributed by atoms with Crippen LogP contribution >= 0.6 is 11.6 Å². The fourth-order valence-electron chi connectivity index (χ4n) is 2.37. The quantitative estimate of drug-likeness (QED) is 0.822. The predicted molar refractivity (Wildman–Crippen MR) is 96.4 cm³/mol. The zero-order chi connectivity index (χ0) is 18.8. The van der Waals surface area contributed by atoms with Gasteiger partial charge in [0.2, 0.25) is 0 Å². The van der Waals surface area contributed by atoms with Crippen LogP contribution in [0.3, 0.4) is 0 Å². The van der Waals surface area contributed by atoms with Crippen LogP contribution in [0.1, 0.15) is 49.7 Å². The average molecular weight is 364 g/mol. The molecule has 6 nitrogen and oxygen atoms in total. The van der Waals surface area contributed by atoms with Gasteiger partial charge in [0, 0.05) is 11.6 Å². The molecule has 1 aromatic heterocycles. The molecule has 0 atom stereocenters. The van der Waals surface area contributed by atoms with Crippen molar-refractivity contribution in [1.82, 2.24) is 15.1 Å². The second kappa shape index (κ2) is 7.27. The number of hydrogen-bond acceptors (Lipinski definition) is 3. The summed E-state index contributed by atoms with van der Waals surface area (Å²) in [6.45, 7) is 7.09. The van der Waals surface area contributed by atoms with Crippen LogP contribution in [0, 0.1) is 5.41 Å². The molecule has 2 N–H and O–H groups in total. The largest absolute Gasteiger partial charge is 0.481 e. The molecule has 1 heterocycles. The molecule has 0 spiro atoms. The summed E-state index contributed by atoms with van der Waals surface area (Å²) < 4.78 is 1.69. The number of amides is 1. The monoisotopic (exact) mass is 363 g/mol. The third kappa shape index (κ3) is 4.20. The third-order valence-electron chi connectivity index (χ3n) is 3.92. The number of nitrogens with one attached hydrogen (secondary N) is 1. The maximum absolute atomic E-state index is 12.6. The van der Waals surface area contributed by atoms with Crippen LogP contribution in [0.2, 0.25) is 5.02 Å². The Morgan fingerprint density at radius 2 is 2.04 bits per heavy atom. The molecule has 2 aromatic rings. The van der Waals surface area contributed by atoms with Crippen LogP contribution < -0.4 is 5.32 Å². The third-order valence-corrected chi connectivity index (χ3v) is 4.16. The smallest absolute Gasteiger partial charge is 0.310 e. The molecule has 0 fully saturated rings. The Hall–Kier alpha value is -2.34. The number of benzene rings is 1. The van der Waals surface area contributed by atoms with Crippen LogP contribution in [0.15, 0.2) is 30.5 Å². The number of carboxylic acid groups (broad SMARTS) is 1. The maximum atomic E-state index is 12.6. The summed E-state index contributed by atoms with van der Waals surface area (Å²) in [6.07, 6.45) is 1.50. The number of carbonyl (C=O) groups excluding carboxylic acids is 1. The van der Waals surface area contributed by atoms with Gasteiger partial charge in [-0.25, -0.2) is 4.68 Å². The van der Waals surface area contributed by atoms with E-state index in [0.29, 0.717) is 10.6 Å². The number of hydrogen-bond donors (Lipinski definition) is 2. The second-order valence-electron chi connectivity index (χ2n) is 6.86. The van der Waals surface area contributed by atoms with E-state index in [1.54, 1.807) is 30.7 Å². The highest BCUT2D eigenvalue weighted by molar-refractivity contribution is 6.30. The summed E-state index contributed by atoms with van der Waals surface area (Å²) in [5.74, 6) is -1.27. The van der Waals surface area contributed by atoms with Crippen molar-refractivity contribution in [1.29, 1.82) is 0 Å². The Balaban J connectivity index is 2.33. The van der Waals surface area contributed by atoms with E-state index in [-0.39, 0.29) is 18.4 Å². The van der Waals surface area contributed by atoms with E-state index >= 15 is 0 Å². The molecule has 7 heteroatoms. The van der Waals surface area contributed by atoms with Gasteiger partial charge in [-0.1, -0.05) is 31.5 Å². The highest BCUT2D eigenvalue weighted by Crippen LogP contribution is 2.24. The summed E-state index contributed by atoms with van der Waals surface area (Å²) in [5.41, 5.74) is 0.890. The Bertz CT molecular complexity index is 797. The van der Waals surface area contributed by atoms with Crippen molar-refractivity contribution in [3.05, 3.63) is 46.7 Å². The number of aliphatic carboxylic acids is 1. The van der Waals surface area contributed by atoms with Crippen molar-refractivity contribution < 1.29 is 14.7 Å². The first-order chi connectivity index (χ1) is 11.6. The first-order valence-electron chi connectivity index (χ1n) is 7.99. The van der Waals surface area contributed by atoms with Crippen molar-refractivity contribution in [3.63, 3.8) is 0 Å². The summed E-state index contributed by atoms with van der Waals surface area (Å²) in [7, 11) is 0. The molecule has 0 radical (unpaired) electrons. The van der Waals surface area contributed by atoms with E-state index in [2.05, 4.69) is 10.4 Å². The first-order valence-corrected chi connectivity index (χ1v) is 8.36. The van der Waals surface area contributed by atoms with E-state index in [1.165, 1.54) is 6.20 Å². The van der Waals surface area contributed by atoms with Crippen molar-refractivity contribution >= 4 is 23.5 Å². The van der Waals surface area contributed by atoms with Gasteiger partial charge in [0.15, 0.2) is 0 Å². The van der Waals surface area contributed by atoms with Crippen molar-refractivity contribution in [2.45, 2.75) is 33.6 Å². The molecule has 1 aromatic carbocycles. The average Bonchev–Trinajstić information content (AvgIpc) is 2.97. The van der Waals surface area contributed by atoms with Crippen LogP contribution in [0.4, 0.5) is 0 Å². The highest BCUT2D eigenvalue weighted by atomic mass is 35.5. The van der Waals surface area contributed by atoms with Gasteiger partial charge in [0.05, 0.1) is 28.6 Å². The number of rotatable bonds is 6. The van der Waals surface area contributed by atoms with E-state index in [0.717, 1.165) is 11.4 Å². The standard InChI is InChI=1S/C18H22ClN3O3/c1-11(2)15-14(16(23)20-10-18(3,4)17(24)25)9-21-22(15)13-7-5-6-12(19)8-13/h5-9,11H,10H2,1-4H3,(H,20,23)(H,24,25). The molecule has 134 valence electrons. The lowest BCUT2D eigenvalue weighted by Crippen LogP contribution is -2.39. The lowest BCUT2D eigenvalue weighted by molar-refractivity contribution is -0.146. The minimum atomic E-state index is -1.05. The zero-order valence-electron chi connectivity index (χ0n) is 14.7. The second-order valence-corrected chi connectivity index (χ2v) is 7.30. The summed E-state index contributed by atoms with van der Waals surface area (Å²) in [5, 5.41) is 16.8. The van der Waals surface area contributed by atoms with E-state index in [4.69, 9.17) is 16.7 Å². The molecule has 1 amide bonds. The minimum Gasteiger partial charge on any atom is -0.481 e. The molecule has 0 unspecified atom stereocenters. The topological polar surface area (TPSA) is 84.2 Å². The van der Waals surface area contributed by atoms with Crippen molar-refractivity contribution in [2.75, 3.05) is 6.54 Å². The first kappa shape index (κ1) is 19.0. The van der Waals surface area contributed by atoms with E-state index in [9.17, 15) is 9.59 Å². The molecular weight excluding hydrogens is 342 g/mol. The fraction of sp³-hybridized carbons (Fsp3) is 0.389. The molecule has 0 aliphatic rings. The highest BCUT2D eigenvalue weighted by Gasteiger charge is 2.29. The van der Waals surface area contributed by atoms with Gasteiger partial charge in [-0.3, -0.25) is 9.59 Å². The fourth-order valence-corrected chi connectivity index (χ4v) is 2.56. The molecule has 2 rings (SSSR count). The Labute approximate surface area is 151 Å². The van der Waals surface area contributed by atoms with Gasteiger partial charge in [0.25, 0.3) is 5.91 Å². The molecule has 0 bridgehead atoms. The normalized spacial score (nSPS) is 11.6. The number of aromatic nitrogens is 2. The van der Waals surface area contributed by atoms with Crippen LogP contribution in [0.25, 0.3) is 5.69 Å². The van der Waals surface area contributed by atoms with Gasteiger partial charge in [-0.2, -0.15) is 5.10 Å². The van der Waals surface area contributed by atoms with Gasteiger partial charge in [-0.05, 0) is 38.0 Å². The van der Waals surface area contributed by atoms with Gasteiger partial charge in [-0.15, -0.1) is 0 Å². The van der Waals surface area contributed by atoms with Gasteiger partial charge in [0.1, 0.15) is 0 Å². The predicted octanol–water partition coefficient (Wildman–Crippen LogP) is 3.49. The van der Waals surface area contributed by atoms with Gasteiger partial charge >= 0.3 is 5.97 Å². The maximum Gasteiger partial charge on any atom is 0.310 e. The van der Waals surface area contributed by atoms with Crippen molar-refractivity contribution in [2.24, 2.45) is 5.41 Å². The van der Waals surface area contributed by atoms with E-state index < -0.39 is 11.4 Å².